The zero-order valence-corrected chi connectivity index (χ0v) is 22.1. The quantitative estimate of drug-likeness (QED) is 0.492. The fraction of sp³-hybridized carbons (Fsp3) is 0.393. The van der Waals surface area contributed by atoms with E-state index in [1.807, 2.05) is 56.9 Å². The molecular weight excluding hydrogens is 490 g/mol. The third-order valence-electron chi connectivity index (χ3n) is 7.29. The number of amides is 2. The van der Waals surface area contributed by atoms with Crippen LogP contribution < -0.4 is 9.64 Å². The van der Waals surface area contributed by atoms with Crippen LogP contribution in [0.25, 0.3) is 11.3 Å². The summed E-state index contributed by atoms with van der Waals surface area (Å²) in [6.07, 6.45) is 1.11. The fourth-order valence-electron chi connectivity index (χ4n) is 5.23. The minimum Gasteiger partial charge on any atom is -0.495 e. The van der Waals surface area contributed by atoms with Gasteiger partial charge in [0.25, 0.3) is 0 Å². The zero-order chi connectivity index (χ0) is 25.9. The zero-order valence-electron chi connectivity index (χ0n) is 21.3. The molecule has 8 nitrogen and oxygen atoms in total. The summed E-state index contributed by atoms with van der Waals surface area (Å²) in [7, 11) is 1.68. The Morgan fingerprint density at radius 2 is 1.70 bits per heavy atom. The fourth-order valence-corrected chi connectivity index (χ4v) is 5.36. The van der Waals surface area contributed by atoms with Crippen LogP contribution in [0.15, 0.2) is 48.5 Å². The highest BCUT2D eigenvalue weighted by molar-refractivity contribution is 6.30. The number of methoxy groups -OCH3 is 1. The van der Waals surface area contributed by atoms with Gasteiger partial charge in [-0.25, -0.2) is 0 Å². The average molecular weight is 522 g/mol. The second-order valence-corrected chi connectivity index (χ2v) is 9.92. The second-order valence-electron chi connectivity index (χ2n) is 9.48. The maximum Gasteiger partial charge on any atom is 0.224 e. The van der Waals surface area contributed by atoms with Gasteiger partial charge in [0.2, 0.25) is 11.8 Å². The Kier molecular flexibility index (Phi) is 7.37. The number of piperazine rings is 1. The van der Waals surface area contributed by atoms with E-state index < -0.39 is 0 Å². The third kappa shape index (κ3) is 5.30. The number of benzene rings is 2. The number of para-hydroxylation sites is 2. The number of rotatable bonds is 6. The minimum absolute atomic E-state index is 0.0582. The maximum atomic E-state index is 13.1. The van der Waals surface area contributed by atoms with Crippen molar-refractivity contribution < 1.29 is 14.3 Å². The molecule has 2 aliphatic rings. The van der Waals surface area contributed by atoms with Crippen LogP contribution in [0.4, 0.5) is 5.69 Å². The Labute approximate surface area is 222 Å². The molecule has 0 unspecified atom stereocenters. The van der Waals surface area contributed by atoms with Gasteiger partial charge < -0.3 is 19.4 Å². The lowest BCUT2D eigenvalue weighted by Gasteiger charge is -2.36. The van der Waals surface area contributed by atoms with Crippen LogP contribution in [-0.2, 0) is 29.1 Å². The van der Waals surface area contributed by atoms with Crippen molar-refractivity contribution in [3.63, 3.8) is 0 Å². The number of carbonyl (C=O) groups excluding carboxylic acids is 2. The van der Waals surface area contributed by atoms with Crippen molar-refractivity contribution >= 4 is 29.1 Å². The summed E-state index contributed by atoms with van der Waals surface area (Å²) >= 11 is 6.10. The van der Waals surface area contributed by atoms with E-state index in [1.165, 1.54) is 0 Å². The van der Waals surface area contributed by atoms with Crippen molar-refractivity contribution in [2.75, 3.05) is 44.7 Å². The Morgan fingerprint density at radius 3 is 2.41 bits per heavy atom. The van der Waals surface area contributed by atoms with Gasteiger partial charge in [0.05, 0.1) is 25.0 Å². The van der Waals surface area contributed by atoms with Crippen molar-refractivity contribution in [2.24, 2.45) is 0 Å². The number of aryl methyl sites for hydroxylation is 1. The molecule has 2 aliphatic heterocycles. The lowest BCUT2D eigenvalue weighted by atomic mass is 10.0. The summed E-state index contributed by atoms with van der Waals surface area (Å²) < 4.78 is 7.48. The lowest BCUT2D eigenvalue weighted by Crippen LogP contribution is -2.49. The second kappa shape index (κ2) is 10.8. The standard InChI is InChI=1S/C28H32ClN5O3/c1-20(35)33-13-11-24-23(19-33)28(21-7-9-22(29)10-8-21)30-34(24)14-12-27(36)32-17-15-31(16-18-32)25-5-3-4-6-26(25)37-2/h3-10H,11-19H2,1-2H3. The number of hydrogen-bond acceptors (Lipinski definition) is 5. The molecule has 0 aliphatic carbocycles. The topological polar surface area (TPSA) is 70.9 Å². The predicted octanol–water partition coefficient (Wildman–Crippen LogP) is 3.86. The normalized spacial score (nSPS) is 15.5. The van der Waals surface area contributed by atoms with Crippen LogP contribution in [0.2, 0.25) is 5.02 Å². The summed E-state index contributed by atoms with van der Waals surface area (Å²) in [6, 6.07) is 15.6. The molecule has 5 rings (SSSR count). The van der Waals surface area contributed by atoms with Crippen LogP contribution in [0, 0.1) is 0 Å². The van der Waals surface area contributed by atoms with Crippen molar-refractivity contribution in [1.29, 1.82) is 0 Å². The van der Waals surface area contributed by atoms with E-state index in [9.17, 15) is 9.59 Å². The number of nitrogens with zero attached hydrogens (tertiary/aromatic N) is 5. The molecule has 0 bridgehead atoms. The average Bonchev–Trinajstić information content (AvgIpc) is 3.30. The molecule has 1 saturated heterocycles. The van der Waals surface area contributed by atoms with E-state index in [0.717, 1.165) is 53.5 Å². The smallest absolute Gasteiger partial charge is 0.224 e. The lowest BCUT2D eigenvalue weighted by molar-refractivity contribution is -0.131. The number of aromatic nitrogens is 2. The maximum absolute atomic E-state index is 13.1. The molecule has 194 valence electrons. The van der Waals surface area contributed by atoms with Crippen molar-refractivity contribution in [3.8, 4) is 17.0 Å². The van der Waals surface area contributed by atoms with Crippen LogP contribution in [0.3, 0.4) is 0 Å². The molecule has 0 radical (unpaired) electrons. The highest BCUT2D eigenvalue weighted by atomic mass is 35.5. The molecule has 0 N–H and O–H groups in total. The molecule has 0 atom stereocenters. The highest BCUT2D eigenvalue weighted by Gasteiger charge is 2.28. The van der Waals surface area contributed by atoms with Crippen LogP contribution in [0.5, 0.6) is 5.75 Å². The Bertz CT molecular complexity index is 1280. The van der Waals surface area contributed by atoms with Crippen molar-refractivity contribution in [1.82, 2.24) is 19.6 Å². The summed E-state index contributed by atoms with van der Waals surface area (Å²) in [5.41, 5.74) is 5.05. The van der Waals surface area contributed by atoms with Crippen LogP contribution in [-0.4, -0.2) is 71.2 Å². The van der Waals surface area contributed by atoms with Gasteiger partial charge in [0.15, 0.2) is 0 Å². The number of fused-ring (bicyclic) bond motifs is 1. The number of carbonyl (C=O) groups is 2. The molecule has 3 heterocycles. The molecule has 2 amide bonds. The van der Waals surface area contributed by atoms with E-state index in [1.54, 1.807) is 14.0 Å². The van der Waals surface area contributed by atoms with Crippen molar-refractivity contribution in [3.05, 3.63) is 64.8 Å². The summed E-state index contributed by atoms with van der Waals surface area (Å²) in [5, 5.41) is 5.58. The molecule has 3 aromatic rings. The van der Waals surface area contributed by atoms with Crippen LogP contribution in [0.1, 0.15) is 24.6 Å². The number of anilines is 1. The molecule has 1 aromatic heterocycles. The SMILES string of the molecule is COc1ccccc1N1CCN(C(=O)CCn2nc(-c3ccc(Cl)cc3)c3c2CCN(C(C)=O)C3)CC1. The first-order valence-corrected chi connectivity index (χ1v) is 13.1. The van der Waals surface area contributed by atoms with Gasteiger partial charge in [0.1, 0.15) is 5.75 Å². The summed E-state index contributed by atoms with van der Waals surface area (Å²) in [4.78, 5) is 31.3. The Balaban J connectivity index is 1.27. The first kappa shape index (κ1) is 25.1. The minimum atomic E-state index is 0.0582. The van der Waals surface area contributed by atoms with Crippen LogP contribution >= 0.6 is 11.6 Å². The molecule has 0 spiro atoms. The molecule has 1 fully saturated rings. The monoisotopic (exact) mass is 521 g/mol. The summed E-state index contributed by atoms with van der Waals surface area (Å²) in [6.45, 7) is 6.20. The molecule has 2 aromatic carbocycles. The van der Waals surface area contributed by atoms with Gasteiger partial charge in [-0.3, -0.25) is 14.3 Å². The van der Waals surface area contributed by atoms with Gasteiger partial charge in [-0.05, 0) is 24.3 Å². The van der Waals surface area contributed by atoms with Gasteiger partial charge in [-0.2, -0.15) is 5.10 Å². The number of ether oxygens (including phenoxy) is 1. The summed E-state index contributed by atoms with van der Waals surface area (Å²) in [5.74, 6) is 1.05. The largest absolute Gasteiger partial charge is 0.495 e. The van der Waals surface area contributed by atoms with E-state index in [-0.39, 0.29) is 11.8 Å². The molecule has 0 saturated carbocycles. The van der Waals surface area contributed by atoms with Gasteiger partial charge in [-0.1, -0.05) is 35.9 Å². The predicted molar refractivity (Wildman–Crippen MR) is 144 cm³/mol. The molecule has 9 heteroatoms. The first-order valence-electron chi connectivity index (χ1n) is 12.7. The van der Waals surface area contributed by atoms with Gasteiger partial charge >= 0.3 is 0 Å². The molecular formula is C28H32ClN5O3. The number of hydrogen-bond donors (Lipinski definition) is 0. The number of halogens is 1. The first-order chi connectivity index (χ1) is 17.9. The van der Waals surface area contributed by atoms with Crippen molar-refractivity contribution in [2.45, 2.75) is 32.9 Å². The van der Waals surface area contributed by atoms with E-state index in [2.05, 4.69) is 11.0 Å². The van der Waals surface area contributed by atoms with E-state index in [0.29, 0.717) is 44.2 Å². The van der Waals surface area contributed by atoms with E-state index >= 15 is 0 Å². The van der Waals surface area contributed by atoms with Gasteiger partial charge in [0, 0.05) is 80.9 Å². The third-order valence-corrected chi connectivity index (χ3v) is 7.54. The van der Waals surface area contributed by atoms with E-state index in [4.69, 9.17) is 21.4 Å². The highest BCUT2D eigenvalue weighted by Crippen LogP contribution is 2.31. The Morgan fingerprint density at radius 1 is 0.973 bits per heavy atom. The Hall–Kier alpha value is -3.52. The molecule has 37 heavy (non-hydrogen) atoms. The van der Waals surface area contributed by atoms with Gasteiger partial charge in [-0.15, -0.1) is 0 Å².